The third kappa shape index (κ3) is 4.83. The summed E-state index contributed by atoms with van der Waals surface area (Å²) in [7, 11) is 0. The van der Waals surface area contributed by atoms with Crippen molar-refractivity contribution >= 4 is 43.9 Å². The second-order valence-corrected chi connectivity index (χ2v) is 12.5. The first-order valence-corrected chi connectivity index (χ1v) is 16.6. The van der Waals surface area contributed by atoms with Gasteiger partial charge in [0.15, 0.2) is 11.4 Å². The monoisotopic (exact) mass is 641 g/mol. The van der Waals surface area contributed by atoms with E-state index in [2.05, 4.69) is 119 Å². The van der Waals surface area contributed by atoms with Crippen LogP contribution in [-0.2, 0) is 0 Å². The van der Waals surface area contributed by atoms with E-state index in [1.807, 2.05) is 42.6 Å². The van der Waals surface area contributed by atoms with E-state index >= 15 is 0 Å². The molecule has 0 bridgehead atoms. The van der Waals surface area contributed by atoms with E-state index in [0.717, 1.165) is 94.1 Å². The zero-order valence-electron chi connectivity index (χ0n) is 26.7. The third-order valence-corrected chi connectivity index (χ3v) is 9.45. The van der Waals surface area contributed by atoms with Gasteiger partial charge in [-0.2, -0.15) is 0 Å². The van der Waals surface area contributed by atoms with Gasteiger partial charge in [0.2, 0.25) is 0 Å². The van der Waals surface area contributed by atoms with Crippen LogP contribution < -0.4 is 0 Å². The maximum atomic E-state index is 6.06. The lowest BCUT2D eigenvalue weighted by molar-refractivity contribution is 0.667. The second kappa shape index (κ2) is 11.4. The lowest BCUT2D eigenvalue weighted by Crippen LogP contribution is -1.92. The van der Waals surface area contributed by atoms with Crippen molar-refractivity contribution < 1.29 is 8.83 Å². The molecule has 0 amide bonds. The van der Waals surface area contributed by atoms with E-state index in [1.165, 1.54) is 0 Å². The molecule has 5 heteroatoms. The molecule has 5 nitrogen and oxygen atoms in total. The van der Waals surface area contributed by atoms with Crippen LogP contribution >= 0.6 is 0 Å². The van der Waals surface area contributed by atoms with Crippen LogP contribution in [0, 0.1) is 0 Å². The predicted molar refractivity (Wildman–Crippen MR) is 202 cm³/mol. The van der Waals surface area contributed by atoms with Crippen LogP contribution in [0.2, 0.25) is 0 Å². The summed E-state index contributed by atoms with van der Waals surface area (Å²) >= 11 is 0. The molecular formula is C45H27N3O2. The van der Waals surface area contributed by atoms with Crippen LogP contribution in [0.3, 0.4) is 0 Å². The summed E-state index contributed by atoms with van der Waals surface area (Å²) in [5.41, 5.74) is 13.1. The average molecular weight is 642 g/mol. The number of aromatic nitrogens is 3. The fraction of sp³-hybridized carbons (Fsp3) is 0. The van der Waals surface area contributed by atoms with Crippen LogP contribution in [0.4, 0.5) is 0 Å². The molecule has 4 aromatic heterocycles. The molecule has 0 radical (unpaired) electrons. The molecular weight excluding hydrogens is 615 g/mol. The van der Waals surface area contributed by atoms with Crippen LogP contribution in [0.1, 0.15) is 0 Å². The fourth-order valence-corrected chi connectivity index (χ4v) is 6.95. The minimum absolute atomic E-state index is 0.684. The van der Waals surface area contributed by atoms with Crippen molar-refractivity contribution in [2.24, 2.45) is 0 Å². The molecule has 10 aromatic rings. The Morgan fingerprint density at radius 3 is 1.62 bits per heavy atom. The van der Waals surface area contributed by atoms with Gasteiger partial charge in [0.05, 0.1) is 11.9 Å². The number of nitrogens with zero attached hydrogens (tertiary/aromatic N) is 3. The smallest absolute Gasteiger partial charge is 0.159 e. The molecule has 234 valence electrons. The number of fused-ring (bicyclic) bond motifs is 6. The lowest BCUT2D eigenvalue weighted by atomic mass is 9.97. The molecule has 0 spiro atoms. The molecule has 50 heavy (non-hydrogen) atoms. The largest absolute Gasteiger partial charge is 0.456 e. The summed E-state index contributed by atoms with van der Waals surface area (Å²) in [4.78, 5) is 13.9. The highest BCUT2D eigenvalue weighted by molar-refractivity contribution is 6.07. The van der Waals surface area contributed by atoms with Gasteiger partial charge in [0.1, 0.15) is 16.7 Å². The molecule has 0 aliphatic carbocycles. The summed E-state index contributed by atoms with van der Waals surface area (Å²) in [6, 6.07) is 50.5. The van der Waals surface area contributed by atoms with Gasteiger partial charge in [0, 0.05) is 45.1 Å². The van der Waals surface area contributed by atoms with Gasteiger partial charge in [-0.15, -0.1) is 0 Å². The Kier molecular flexibility index (Phi) is 6.42. The third-order valence-electron chi connectivity index (χ3n) is 9.45. The quantitative estimate of drug-likeness (QED) is 0.187. The summed E-state index contributed by atoms with van der Waals surface area (Å²) in [5, 5.41) is 4.39. The first kappa shape index (κ1) is 28.2. The van der Waals surface area contributed by atoms with E-state index in [9.17, 15) is 0 Å². The number of rotatable bonds is 5. The molecule has 10 rings (SSSR count). The normalized spacial score (nSPS) is 11.6. The number of benzene rings is 6. The average Bonchev–Trinajstić information content (AvgIpc) is 3.76. The lowest BCUT2D eigenvalue weighted by Gasteiger charge is -2.10. The topological polar surface area (TPSA) is 65.0 Å². The van der Waals surface area contributed by atoms with Gasteiger partial charge in [-0.25, -0.2) is 9.97 Å². The van der Waals surface area contributed by atoms with Crippen molar-refractivity contribution in [3.63, 3.8) is 0 Å². The standard InChI is InChI=1S/C45H27N3O2/c1-2-13-41-36(12-1)38-25-33(14-16-42(38)49-41)30-8-4-10-34(23-30)40-19-21-47-45(48-40)35-11-5-9-31(24-35)28-6-3-7-29(22-28)32-15-17-43-39(26-32)37-18-20-46-27-44(37)50-43/h1-27H. The van der Waals surface area contributed by atoms with Crippen molar-refractivity contribution in [2.75, 3.05) is 0 Å². The Hall–Kier alpha value is -6.85. The molecule has 0 saturated carbocycles. The van der Waals surface area contributed by atoms with E-state index in [0.29, 0.717) is 5.82 Å². The Bertz CT molecular complexity index is 2700. The highest BCUT2D eigenvalue weighted by atomic mass is 16.3. The SMILES string of the molecule is c1cc(-c2cccc(-c3nccc(-c4cccc(-c5ccc6oc7ccccc7c6c5)c4)n3)c2)cc(-c2ccc3oc4cnccc4c3c2)c1. The second-order valence-electron chi connectivity index (χ2n) is 12.5. The summed E-state index contributed by atoms with van der Waals surface area (Å²) in [5.74, 6) is 0.684. The van der Waals surface area contributed by atoms with Crippen molar-refractivity contribution in [2.45, 2.75) is 0 Å². The van der Waals surface area contributed by atoms with Crippen molar-refractivity contribution in [3.05, 3.63) is 164 Å². The summed E-state index contributed by atoms with van der Waals surface area (Å²) in [6.45, 7) is 0. The van der Waals surface area contributed by atoms with Crippen LogP contribution in [0.25, 0.3) is 99.9 Å². The number of hydrogen-bond acceptors (Lipinski definition) is 5. The molecule has 0 atom stereocenters. The van der Waals surface area contributed by atoms with Gasteiger partial charge in [-0.05, 0) is 94.0 Å². The van der Waals surface area contributed by atoms with Crippen LogP contribution in [0.15, 0.2) is 173 Å². The van der Waals surface area contributed by atoms with E-state index in [4.69, 9.17) is 13.8 Å². The predicted octanol–water partition coefficient (Wildman–Crippen LogP) is 12.0. The van der Waals surface area contributed by atoms with Gasteiger partial charge in [-0.1, -0.05) is 84.9 Å². The molecule has 0 aliphatic heterocycles. The van der Waals surface area contributed by atoms with Gasteiger partial charge < -0.3 is 8.83 Å². The van der Waals surface area contributed by atoms with E-state index in [-0.39, 0.29) is 0 Å². The fourth-order valence-electron chi connectivity index (χ4n) is 6.95. The van der Waals surface area contributed by atoms with Crippen LogP contribution in [-0.4, -0.2) is 15.0 Å². The van der Waals surface area contributed by atoms with Crippen molar-refractivity contribution in [1.82, 2.24) is 15.0 Å². The van der Waals surface area contributed by atoms with E-state index < -0.39 is 0 Å². The van der Waals surface area contributed by atoms with Gasteiger partial charge >= 0.3 is 0 Å². The Morgan fingerprint density at radius 2 is 0.900 bits per heavy atom. The van der Waals surface area contributed by atoms with Gasteiger partial charge in [0.25, 0.3) is 0 Å². The zero-order valence-corrected chi connectivity index (χ0v) is 26.7. The Morgan fingerprint density at radius 1 is 0.360 bits per heavy atom. The maximum absolute atomic E-state index is 6.06. The molecule has 0 N–H and O–H groups in total. The van der Waals surface area contributed by atoms with Crippen molar-refractivity contribution in [3.8, 4) is 56.0 Å². The maximum Gasteiger partial charge on any atom is 0.159 e. The number of hydrogen-bond donors (Lipinski definition) is 0. The van der Waals surface area contributed by atoms with Gasteiger partial charge in [-0.3, -0.25) is 4.98 Å². The summed E-state index contributed by atoms with van der Waals surface area (Å²) < 4.78 is 12.1. The number of para-hydroxylation sites is 1. The molecule has 0 aliphatic rings. The molecule has 0 saturated heterocycles. The molecule has 0 fully saturated rings. The first-order chi connectivity index (χ1) is 24.7. The Labute approximate surface area is 287 Å². The van der Waals surface area contributed by atoms with E-state index in [1.54, 1.807) is 12.4 Å². The first-order valence-electron chi connectivity index (χ1n) is 16.6. The van der Waals surface area contributed by atoms with Crippen molar-refractivity contribution in [1.29, 1.82) is 0 Å². The number of pyridine rings is 1. The number of furan rings is 2. The van der Waals surface area contributed by atoms with Crippen LogP contribution in [0.5, 0.6) is 0 Å². The minimum Gasteiger partial charge on any atom is -0.456 e. The molecule has 0 unspecified atom stereocenters. The minimum atomic E-state index is 0.684. The highest BCUT2D eigenvalue weighted by Crippen LogP contribution is 2.36. The molecule has 4 heterocycles. The Balaban J connectivity index is 0.968. The zero-order chi connectivity index (χ0) is 33.0. The summed E-state index contributed by atoms with van der Waals surface area (Å²) in [6.07, 6.45) is 5.41. The molecule has 6 aromatic carbocycles. The highest BCUT2D eigenvalue weighted by Gasteiger charge is 2.12.